The zero-order valence-electron chi connectivity index (χ0n) is 22.5. The number of aliphatic hydroxyl groups is 1. The Morgan fingerprint density at radius 2 is 1.65 bits per heavy atom. The number of furan rings is 1. The fourth-order valence-corrected chi connectivity index (χ4v) is 5.73. The fraction of sp³-hybridized carbons (Fsp3) is 0.452. The summed E-state index contributed by atoms with van der Waals surface area (Å²) in [5, 5.41) is 10.4. The number of halogens is 2. The minimum atomic E-state index is -0.226. The monoisotopic (exact) mass is 541 g/mol. The lowest BCUT2D eigenvalue weighted by Gasteiger charge is -2.42. The first-order chi connectivity index (χ1) is 17.4. The van der Waals surface area contributed by atoms with Crippen molar-refractivity contribution in [2.24, 2.45) is 0 Å². The van der Waals surface area contributed by atoms with Gasteiger partial charge in [-0.3, -0.25) is 4.79 Å². The molecule has 1 aromatic heterocycles. The van der Waals surface area contributed by atoms with E-state index >= 15 is 0 Å². The summed E-state index contributed by atoms with van der Waals surface area (Å²) < 4.78 is 6.08. The number of carbonyl (C=O) groups is 1. The molecule has 1 aliphatic rings. The van der Waals surface area contributed by atoms with Gasteiger partial charge in [-0.25, -0.2) is 0 Å². The van der Waals surface area contributed by atoms with E-state index < -0.39 is 0 Å². The summed E-state index contributed by atoms with van der Waals surface area (Å²) >= 11 is 12.4. The van der Waals surface area contributed by atoms with Crippen LogP contribution in [0.3, 0.4) is 0 Å². The Labute approximate surface area is 230 Å². The van der Waals surface area contributed by atoms with Crippen molar-refractivity contribution in [1.29, 1.82) is 0 Å². The Morgan fingerprint density at radius 3 is 2.30 bits per heavy atom. The second kappa shape index (κ2) is 10.8. The first-order valence-corrected chi connectivity index (χ1v) is 13.7. The van der Waals surface area contributed by atoms with Gasteiger partial charge in [-0.2, -0.15) is 0 Å². The molecule has 0 radical (unpaired) electrons. The van der Waals surface area contributed by atoms with Gasteiger partial charge < -0.3 is 14.4 Å². The van der Waals surface area contributed by atoms with Crippen LogP contribution in [0.5, 0.6) is 0 Å². The van der Waals surface area contributed by atoms with E-state index in [9.17, 15) is 9.90 Å². The van der Waals surface area contributed by atoms with E-state index in [-0.39, 0.29) is 29.1 Å². The number of rotatable bonds is 8. The Balaban J connectivity index is 1.57. The van der Waals surface area contributed by atoms with Gasteiger partial charge in [-0.1, -0.05) is 69.1 Å². The first kappa shape index (κ1) is 27.8. The summed E-state index contributed by atoms with van der Waals surface area (Å²) in [7, 11) is 0. The first-order valence-electron chi connectivity index (χ1n) is 13.0. The third kappa shape index (κ3) is 6.08. The van der Waals surface area contributed by atoms with Crippen molar-refractivity contribution in [2.45, 2.75) is 77.7 Å². The molecule has 3 aromatic rings. The lowest BCUT2D eigenvalue weighted by Crippen LogP contribution is -2.34. The minimum absolute atomic E-state index is 0.00764. The maximum Gasteiger partial charge on any atom is 0.289 e. The Bertz CT molecular complexity index is 1290. The molecule has 1 heterocycles. The lowest BCUT2D eigenvalue weighted by atomic mass is 9.62. The van der Waals surface area contributed by atoms with Crippen molar-refractivity contribution in [3.63, 3.8) is 0 Å². The van der Waals surface area contributed by atoms with Crippen molar-refractivity contribution < 1.29 is 14.3 Å². The second-order valence-corrected chi connectivity index (χ2v) is 12.4. The van der Waals surface area contributed by atoms with Crippen LogP contribution in [0.4, 0.5) is 0 Å². The molecule has 0 bridgehead atoms. The fourth-order valence-electron chi connectivity index (χ4n) is 5.26. The molecule has 0 saturated heterocycles. The van der Waals surface area contributed by atoms with E-state index in [1.165, 1.54) is 28.7 Å². The molecule has 0 fully saturated rings. The van der Waals surface area contributed by atoms with Crippen LogP contribution in [-0.4, -0.2) is 29.1 Å². The number of amides is 1. The van der Waals surface area contributed by atoms with Crippen molar-refractivity contribution in [3.05, 3.63) is 91.8 Å². The van der Waals surface area contributed by atoms with Gasteiger partial charge in [0.15, 0.2) is 5.76 Å². The quantitative estimate of drug-likeness (QED) is 0.315. The highest BCUT2D eigenvalue weighted by Crippen LogP contribution is 2.46. The average molecular weight is 543 g/mol. The van der Waals surface area contributed by atoms with Gasteiger partial charge in [0.25, 0.3) is 5.91 Å². The van der Waals surface area contributed by atoms with Crippen LogP contribution in [0.15, 0.2) is 46.9 Å². The van der Waals surface area contributed by atoms with Crippen LogP contribution in [0, 0.1) is 6.92 Å². The molecule has 1 N–H and O–H groups in total. The molecular formula is C31H37Cl2NO3. The predicted molar refractivity (Wildman–Crippen MR) is 151 cm³/mol. The van der Waals surface area contributed by atoms with Gasteiger partial charge in [0.2, 0.25) is 0 Å². The largest absolute Gasteiger partial charge is 0.456 e. The number of nitrogens with zero attached hydrogens (tertiary/aromatic N) is 1. The van der Waals surface area contributed by atoms with E-state index in [0.29, 0.717) is 36.0 Å². The molecule has 1 amide bonds. The highest BCUT2D eigenvalue weighted by molar-refractivity contribution is 6.35. The third-order valence-corrected chi connectivity index (χ3v) is 8.38. The number of carbonyl (C=O) groups excluding carboxylic acids is 1. The summed E-state index contributed by atoms with van der Waals surface area (Å²) in [6, 6.07) is 13.6. The number of benzene rings is 2. The van der Waals surface area contributed by atoms with E-state index in [2.05, 4.69) is 46.8 Å². The van der Waals surface area contributed by atoms with Gasteiger partial charge in [-0.05, 0) is 89.1 Å². The van der Waals surface area contributed by atoms with Gasteiger partial charge >= 0.3 is 0 Å². The summed E-state index contributed by atoms with van der Waals surface area (Å²) in [6.07, 6.45) is 3.44. The minimum Gasteiger partial charge on any atom is -0.456 e. The van der Waals surface area contributed by atoms with Gasteiger partial charge in [0.05, 0.1) is 0 Å². The number of hydrogen-bond donors (Lipinski definition) is 1. The maximum atomic E-state index is 13.4. The van der Waals surface area contributed by atoms with Crippen molar-refractivity contribution >= 4 is 29.1 Å². The number of aliphatic hydroxyl groups excluding tert-OH is 1. The molecule has 4 rings (SSSR count). The highest BCUT2D eigenvalue weighted by atomic mass is 35.5. The zero-order valence-corrected chi connectivity index (χ0v) is 24.0. The molecule has 2 aromatic carbocycles. The molecule has 198 valence electrons. The van der Waals surface area contributed by atoms with Crippen LogP contribution >= 0.6 is 23.2 Å². The van der Waals surface area contributed by atoms with E-state index in [4.69, 9.17) is 27.6 Å². The predicted octanol–water partition coefficient (Wildman–Crippen LogP) is 7.86. The summed E-state index contributed by atoms with van der Waals surface area (Å²) in [5.74, 6) is 0.816. The summed E-state index contributed by atoms with van der Waals surface area (Å²) in [6.45, 7) is 12.2. The van der Waals surface area contributed by atoms with Crippen LogP contribution < -0.4 is 0 Å². The third-order valence-electron chi connectivity index (χ3n) is 7.80. The summed E-state index contributed by atoms with van der Waals surface area (Å²) in [5.41, 5.74) is 6.43. The van der Waals surface area contributed by atoms with E-state index in [0.717, 1.165) is 17.7 Å². The molecule has 1 aliphatic carbocycles. The van der Waals surface area contributed by atoms with E-state index in [1.54, 1.807) is 23.1 Å². The summed E-state index contributed by atoms with van der Waals surface area (Å²) in [4.78, 5) is 15.1. The van der Waals surface area contributed by atoms with Crippen LogP contribution in [-0.2, 0) is 23.8 Å². The molecule has 0 aliphatic heterocycles. The molecule has 0 saturated carbocycles. The molecular weight excluding hydrogens is 505 g/mol. The maximum absolute atomic E-state index is 13.4. The molecule has 0 atom stereocenters. The van der Waals surface area contributed by atoms with Crippen molar-refractivity contribution in [1.82, 2.24) is 4.90 Å². The van der Waals surface area contributed by atoms with Crippen molar-refractivity contribution in [3.8, 4) is 0 Å². The molecule has 6 heteroatoms. The van der Waals surface area contributed by atoms with Gasteiger partial charge in [0.1, 0.15) is 5.76 Å². The second-order valence-electron chi connectivity index (χ2n) is 11.6. The Kier molecular flexibility index (Phi) is 8.13. The average Bonchev–Trinajstić information content (AvgIpc) is 3.30. The highest BCUT2D eigenvalue weighted by Gasteiger charge is 2.37. The van der Waals surface area contributed by atoms with Gasteiger partial charge in [0, 0.05) is 36.2 Å². The number of hydrogen-bond acceptors (Lipinski definition) is 3. The van der Waals surface area contributed by atoms with Crippen LogP contribution in [0.1, 0.15) is 91.1 Å². The molecule has 0 spiro atoms. The lowest BCUT2D eigenvalue weighted by molar-refractivity contribution is 0.0698. The smallest absolute Gasteiger partial charge is 0.289 e. The Morgan fingerprint density at radius 1 is 0.973 bits per heavy atom. The van der Waals surface area contributed by atoms with Crippen molar-refractivity contribution in [2.75, 3.05) is 13.2 Å². The standard InChI is InChI=1S/C31H37Cl2NO3/c1-20-15-25-26(31(4,5)12-11-30(25,2)3)17-22(20)16-24-9-10-28(37-24)29(36)34(13-6-14-35)19-21-7-8-23(32)18-27(21)33/h7-10,15,17-18,35H,6,11-14,16,19H2,1-5H3. The van der Waals surface area contributed by atoms with Crippen LogP contribution in [0.25, 0.3) is 0 Å². The van der Waals surface area contributed by atoms with Gasteiger partial charge in [-0.15, -0.1) is 0 Å². The number of fused-ring (bicyclic) bond motifs is 1. The molecule has 37 heavy (non-hydrogen) atoms. The zero-order chi connectivity index (χ0) is 27.0. The van der Waals surface area contributed by atoms with Crippen LogP contribution in [0.2, 0.25) is 10.0 Å². The topological polar surface area (TPSA) is 53.7 Å². The van der Waals surface area contributed by atoms with E-state index in [1.807, 2.05) is 12.1 Å². The SMILES string of the molecule is Cc1cc2c(cc1Cc1ccc(C(=O)N(CCCO)Cc3ccc(Cl)cc3Cl)o1)C(C)(C)CCC2(C)C. The molecule has 4 nitrogen and oxygen atoms in total. The normalized spacial score (nSPS) is 15.9. The molecule has 0 unspecified atom stereocenters. The Hall–Kier alpha value is -2.27. The number of aryl methyl sites for hydroxylation is 1.